The molecule has 0 spiro atoms. The van der Waals surface area contributed by atoms with Crippen molar-refractivity contribution in [3.8, 4) is 0 Å². The van der Waals surface area contributed by atoms with Gasteiger partial charge in [0.2, 0.25) is 0 Å². The molecule has 0 bridgehead atoms. The highest BCUT2D eigenvalue weighted by Crippen LogP contribution is 2.26. The summed E-state index contributed by atoms with van der Waals surface area (Å²) in [5.41, 5.74) is 0. The molecule has 1 heterocycles. The zero-order chi connectivity index (χ0) is 11.7. The molecule has 1 aliphatic carbocycles. The Balaban J connectivity index is 2.10. The molecule has 1 aliphatic rings. The van der Waals surface area contributed by atoms with E-state index in [1.165, 1.54) is 11.3 Å². The van der Waals surface area contributed by atoms with E-state index in [1.54, 1.807) is 11.9 Å². The second kappa shape index (κ2) is 4.55. The van der Waals surface area contributed by atoms with Gasteiger partial charge in [-0.1, -0.05) is 0 Å². The lowest BCUT2D eigenvalue weighted by Gasteiger charge is -2.26. The molecule has 0 radical (unpaired) electrons. The number of likely N-dealkylation sites (N-methyl/N-ethyl adjacent to an activating group) is 1. The van der Waals surface area contributed by atoms with Crippen LogP contribution < -0.4 is 0 Å². The van der Waals surface area contributed by atoms with Crippen LogP contribution in [0.2, 0.25) is 0 Å². The van der Waals surface area contributed by atoms with Crippen LogP contribution in [0, 0.1) is 6.92 Å². The van der Waals surface area contributed by atoms with Crippen LogP contribution in [-0.2, 0) is 0 Å². The van der Waals surface area contributed by atoms with Gasteiger partial charge in [0.1, 0.15) is 0 Å². The summed E-state index contributed by atoms with van der Waals surface area (Å²) < 4.78 is 0. The summed E-state index contributed by atoms with van der Waals surface area (Å²) in [6.07, 6.45) is 2.38. The first kappa shape index (κ1) is 11.6. The largest absolute Gasteiger partial charge is 0.391 e. The number of hydrogen-bond donors (Lipinski definition) is 1. The number of carbonyl (C=O) groups is 1. The smallest absolute Gasteiger partial charge is 0.264 e. The van der Waals surface area contributed by atoms with Gasteiger partial charge in [-0.15, -0.1) is 11.3 Å². The van der Waals surface area contributed by atoms with E-state index in [0.29, 0.717) is 0 Å². The average Bonchev–Trinajstić information content (AvgIpc) is 2.85. The van der Waals surface area contributed by atoms with E-state index in [-0.39, 0.29) is 18.1 Å². The molecular formula is C12H17NO2S. The van der Waals surface area contributed by atoms with Crippen molar-refractivity contribution in [3.63, 3.8) is 0 Å². The lowest BCUT2D eigenvalue weighted by molar-refractivity contribution is 0.0543. The van der Waals surface area contributed by atoms with E-state index < -0.39 is 0 Å². The van der Waals surface area contributed by atoms with Crippen molar-refractivity contribution in [3.05, 3.63) is 21.9 Å². The van der Waals surface area contributed by atoms with Gasteiger partial charge in [-0.3, -0.25) is 4.79 Å². The fraction of sp³-hybridized carbons (Fsp3) is 0.583. The van der Waals surface area contributed by atoms with E-state index in [0.717, 1.165) is 29.0 Å². The fourth-order valence-electron chi connectivity index (χ4n) is 2.25. The Morgan fingerprint density at radius 2 is 2.25 bits per heavy atom. The van der Waals surface area contributed by atoms with Gasteiger partial charge >= 0.3 is 0 Å². The number of nitrogens with zero attached hydrogens (tertiary/aromatic N) is 1. The van der Waals surface area contributed by atoms with Crippen LogP contribution in [0.3, 0.4) is 0 Å². The van der Waals surface area contributed by atoms with Gasteiger partial charge in [-0.05, 0) is 38.3 Å². The molecule has 88 valence electrons. The molecule has 1 fully saturated rings. The van der Waals surface area contributed by atoms with Crippen molar-refractivity contribution in [1.82, 2.24) is 4.90 Å². The predicted octanol–water partition coefficient (Wildman–Crippen LogP) is 2.04. The molecule has 0 saturated heterocycles. The molecule has 2 unspecified atom stereocenters. The standard InChI is InChI=1S/C12H17NO2S/c1-8-6-7-11(16-8)12(15)13(2)9-4-3-5-10(9)14/h6-7,9-10,14H,3-5H2,1-2H3. The Kier molecular flexibility index (Phi) is 3.30. The molecule has 16 heavy (non-hydrogen) atoms. The first-order chi connectivity index (χ1) is 7.59. The van der Waals surface area contributed by atoms with Crippen molar-refractivity contribution < 1.29 is 9.90 Å². The van der Waals surface area contributed by atoms with Crippen molar-refractivity contribution in [2.75, 3.05) is 7.05 Å². The monoisotopic (exact) mass is 239 g/mol. The van der Waals surface area contributed by atoms with Crippen LogP contribution in [0.4, 0.5) is 0 Å². The highest BCUT2D eigenvalue weighted by molar-refractivity contribution is 7.13. The van der Waals surface area contributed by atoms with Gasteiger partial charge in [0.15, 0.2) is 0 Å². The molecule has 2 rings (SSSR count). The van der Waals surface area contributed by atoms with E-state index in [2.05, 4.69) is 0 Å². The molecule has 1 aromatic heterocycles. The van der Waals surface area contributed by atoms with E-state index in [9.17, 15) is 9.90 Å². The van der Waals surface area contributed by atoms with Crippen LogP contribution in [0.25, 0.3) is 0 Å². The fourth-order valence-corrected chi connectivity index (χ4v) is 3.10. The van der Waals surface area contributed by atoms with Gasteiger partial charge in [-0.25, -0.2) is 0 Å². The number of thiophene rings is 1. The van der Waals surface area contributed by atoms with E-state index in [4.69, 9.17) is 0 Å². The second-order valence-electron chi connectivity index (χ2n) is 4.39. The molecule has 0 aromatic carbocycles. The Labute approximate surface area is 99.7 Å². The molecule has 4 heteroatoms. The van der Waals surface area contributed by atoms with Gasteiger partial charge < -0.3 is 10.0 Å². The minimum Gasteiger partial charge on any atom is -0.391 e. The van der Waals surface area contributed by atoms with Gasteiger partial charge in [0.25, 0.3) is 5.91 Å². The minimum absolute atomic E-state index is 0.00472. The predicted molar refractivity (Wildman–Crippen MR) is 64.8 cm³/mol. The summed E-state index contributed by atoms with van der Waals surface area (Å²) in [5, 5.41) is 9.77. The van der Waals surface area contributed by atoms with Gasteiger partial charge in [0, 0.05) is 11.9 Å². The maximum Gasteiger partial charge on any atom is 0.264 e. The summed E-state index contributed by atoms with van der Waals surface area (Å²) >= 11 is 1.51. The molecule has 0 aliphatic heterocycles. The number of rotatable bonds is 2. The third kappa shape index (κ3) is 2.13. The maximum atomic E-state index is 12.1. The Morgan fingerprint density at radius 1 is 1.50 bits per heavy atom. The summed E-state index contributed by atoms with van der Waals surface area (Å²) in [5.74, 6) is 0.0315. The zero-order valence-corrected chi connectivity index (χ0v) is 10.5. The lowest BCUT2D eigenvalue weighted by atomic mass is 10.2. The van der Waals surface area contributed by atoms with Crippen molar-refractivity contribution >= 4 is 17.2 Å². The highest BCUT2D eigenvalue weighted by Gasteiger charge is 2.31. The molecule has 1 saturated carbocycles. The topological polar surface area (TPSA) is 40.5 Å². The third-order valence-corrected chi connectivity index (χ3v) is 4.20. The molecule has 1 amide bonds. The summed E-state index contributed by atoms with van der Waals surface area (Å²) in [4.78, 5) is 15.7. The molecular weight excluding hydrogens is 222 g/mol. The van der Waals surface area contributed by atoms with Crippen molar-refractivity contribution in [2.45, 2.75) is 38.3 Å². The van der Waals surface area contributed by atoms with Crippen molar-refractivity contribution in [1.29, 1.82) is 0 Å². The van der Waals surface area contributed by atoms with Crippen LogP contribution in [0.5, 0.6) is 0 Å². The molecule has 1 aromatic rings. The number of aliphatic hydroxyl groups is 1. The Hall–Kier alpha value is -0.870. The maximum absolute atomic E-state index is 12.1. The first-order valence-electron chi connectivity index (χ1n) is 5.61. The molecule has 2 atom stereocenters. The molecule has 3 nitrogen and oxygen atoms in total. The summed E-state index contributed by atoms with van der Waals surface area (Å²) in [6.45, 7) is 1.99. The van der Waals surface area contributed by atoms with Crippen molar-refractivity contribution in [2.24, 2.45) is 0 Å². The Morgan fingerprint density at radius 3 is 2.75 bits per heavy atom. The second-order valence-corrected chi connectivity index (χ2v) is 5.68. The van der Waals surface area contributed by atoms with E-state index >= 15 is 0 Å². The van der Waals surface area contributed by atoms with E-state index in [1.807, 2.05) is 19.1 Å². The third-order valence-electron chi connectivity index (χ3n) is 3.21. The van der Waals surface area contributed by atoms with Crippen LogP contribution in [0.1, 0.15) is 33.8 Å². The van der Waals surface area contributed by atoms with Gasteiger partial charge in [0.05, 0.1) is 17.0 Å². The number of hydrogen-bond acceptors (Lipinski definition) is 3. The van der Waals surface area contributed by atoms with Crippen LogP contribution in [0.15, 0.2) is 12.1 Å². The zero-order valence-electron chi connectivity index (χ0n) is 9.64. The lowest BCUT2D eigenvalue weighted by Crippen LogP contribution is -2.41. The Bertz CT molecular complexity index is 388. The highest BCUT2D eigenvalue weighted by atomic mass is 32.1. The van der Waals surface area contributed by atoms with Crippen LogP contribution in [-0.4, -0.2) is 35.1 Å². The quantitative estimate of drug-likeness (QED) is 0.858. The normalized spacial score (nSPS) is 24.7. The molecule has 1 N–H and O–H groups in total. The SMILES string of the molecule is Cc1ccc(C(=O)N(C)C2CCCC2O)s1. The van der Waals surface area contributed by atoms with Gasteiger partial charge in [-0.2, -0.15) is 0 Å². The first-order valence-corrected chi connectivity index (χ1v) is 6.43. The number of aryl methyl sites for hydroxylation is 1. The van der Waals surface area contributed by atoms with Crippen LogP contribution >= 0.6 is 11.3 Å². The number of amides is 1. The average molecular weight is 239 g/mol. The summed E-state index contributed by atoms with van der Waals surface area (Å²) in [6, 6.07) is 3.81. The number of carbonyl (C=O) groups excluding carboxylic acids is 1. The minimum atomic E-state index is -0.352. The summed E-state index contributed by atoms with van der Waals surface area (Å²) in [7, 11) is 1.79. The number of aliphatic hydroxyl groups excluding tert-OH is 1.